The average Bonchev–Trinajstić information content (AvgIpc) is 3.04. The van der Waals surface area contributed by atoms with E-state index < -0.39 is 0 Å². The van der Waals surface area contributed by atoms with Crippen molar-refractivity contribution < 1.29 is 4.79 Å². The van der Waals surface area contributed by atoms with Gasteiger partial charge >= 0.3 is 0 Å². The van der Waals surface area contributed by atoms with Crippen LogP contribution >= 0.6 is 0 Å². The van der Waals surface area contributed by atoms with E-state index in [0.29, 0.717) is 23.3 Å². The zero-order chi connectivity index (χ0) is 17.4. The van der Waals surface area contributed by atoms with E-state index in [9.17, 15) is 9.59 Å². The number of rotatable bonds is 4. The first-order valence-corrected chi connectivity index (χ1v) is 7.77. The molecule has 3 aromatic rings. The molecule has 0 spiro atoms. The smallest absolute Gasteiger partial charge is 0.254 e. The van der Waals surface area contributed by atoms with Crippen LogP contribution in [0.25, 0.3) is 11.2 Å². The number of carbonyl (C=O) groups excluding carboxylic acids is 1. The van der Waals surface area contributed by atoms with E-state index in [1.165, 1.54) is 6.07 Å². The molecule has 0 saturated heterocycles. The normalized spacial score (nSPS) is 11.2. The molecule has 3 aromatic heterocycles. The number of carbonyl (C=O) groups is 1. The first kappa shape index (κ1) is 16.0. The number of imidazole rings is 1. The number of nitrogens with zero attached hydrogens (tertiary/aromatic N) is 4. The van der Waals surface area contributed by atoms with Gasteiger partial charge in [0.1, 0.15) is 0 Å². The van der Waals surface area contributed by atoms with Crippen LogP contribution in [0.3, 0.4) is 0 Å². The van der Waals surface area contributed by atoms with Gasteiger partial charge in [0.15, 0.2) is 5.65 Å². The lowest BCUT2D eigenvalue weighted by Crippen LogP contribution is -2.25. The van der Waals surface area contributed by atoms with E-state index in [1.807, 2.05) is 25.5 Å². The summed E-state index contributed by atoms with van der Waals surface area (Å²) >= 11 is 0. The molecule has 0 saturated carbocycles. The quantitative estimate of drug-likeness (QED) is 0.747. The molecule has 0 aliphatic rings. The second-order valence-corrected chi connectivity index (χ2v) is 5.75. The maximum atomic E-state index is 12.6. The Morgan fingerprint density at radius 1 is 1.38 bits per heavy atom. The lowest BCUT2D eigenvalue weighted by Gasteiger charge is -2.08. The molecule has 0 aliphatic carbocycles. The summed E-state index contributed by atoms with van der Waals surface area (Å²) in [5.41, 5.74) is 3.89. The fraction of sp³-hybridized carbons (Fsp3) is 0.375. The third-order valence-electron chi connectivity index (χ3n) is 4.21. The van der Waals surface area contributed by atoms with Crippen molar-refractivity contribution in [2.75, 3.05) is 0 Å². The second-order valence-electron chi connectivity index (χ2n) is 5.75. The molecule has 0 aromatic carbocycles. The Hall–Kier alpha value is -2.90. The van der Waals surface area contributed by atoms with E-state index in [0.717, 1.165) is 23.5 Å². The summed E-state index contributed by atoms with van der Waals surface area (Å²) < 4.78 is 3.62. The van der Waals surface area contributed by atoms with Crippen molar-refractivity contribution in [3.63, 3.8) is 0 Å². The van der Waals surface area contributed by atoms with Crippen LogP contribution in [0.4, 0.5) is 0 Å². The molecule has 3 rings (SSSR count). The molecule has 126 valence electrons. The van der Waals surface area contributed by atoms with Gasteiger partial charge < -0.3 is 14.9 Å². The number of amides is 1. The maximum Gasteiger partial charge on any atom is 0.254 e. The van der Waals surface area contributed by atoms with Crippen molar-refractivity contribution in [3.05, 3.63) is 45.3 Å². The van der Waals surface area contributed by atoms with Crippen LogP contribution < -0.4 is 10.9 Å². The van der Waals surface area contributed by atoms with Gasteiger partial charge in [-0.25, -0.2) is 4.98 Å². The summed E-state index contributed by atoms with van der Waals surface area (Å²) in [6.45, 7) is 7.08. The van der Waals surface area contributed by atoms with E-state index in [2.05, 4.69) is 20.4 Å². The van der Waals surface area contributed by atoms with Gasteiger partial charge in [-0.3, -0.25) is 14.3 Å². The Kier molecular flexibility index (Phi) is 3.96. The summed E-state index contributed by atoms with van der Waals surface area (Å²) in [7, 11) is 1.78. The third kappa shape index (κ3) is 2.60. The molecule has 8 nitrogen and oxygen atoms in total. The van der Waals surface area contributed by atoms with Crippen molar-refractivity contribution in [2.45, 2.75) is 33.9 Å². The number of hydrogen-bond donors (Lipinski definition) is 2. The molecule has 0 unspecified atom stereocenters. The van der Waals surface area contributed by atoms with Crippen LogP contribution in [0.2, 0.25) is 0 Å². The molecule has 0 aliphatic heterocycles. The van der Waals surface area contributed by atoms with E-state index in [-0.39, 0.29) is 11.5 Å². The molecule has 1 amide bonds. The number of aromatic nitrogens is 5. The highest BCUT2D eigenvalue weighted by Crippen LogP contribution is 2.15. The van der Waals surface area contributed by atoms with E-state index in [4.69, 9.17) is 0 Å². The van der Waals surface area contributed by atoms with E-state index >= 15 is 0 Å². The molecule has 0 atom stereocenters. The Morgan fingerprint density at radius 2 is 2.12 bits per heavy atom. The average molecular weight is 328 g/mol. The van der Waals surface area contributed by atoms with Gasteiger partial charge in [0.2, 0.25) is 5.56 Å². The van der Waals surface area contributed by atoms with Crippen molar-refractivity contribution in [2.24, 2.45) is 7.05 Å². The number of nitrogens with one attached hydrogen (secondary N) is 2. The molecule has 24 heavy (non-hydrogen) atoms. The molecule has 0 bridgehead atoms. The Bertz CT molecular complexity index is 979. The van der Waals surface area contributed by atoms with Gasteiger partial charge in [-0.1, -0.05) is 0 Å². The lowest BCUT2D eigenvalue weighted by atomic mass is 10.1. The van der Waals surface area contributed by atoms with Crippen LogP contribution in [0.1, 0.15) is 34.2 Å². The highest BCUT2D eigenvalue weighted by molar-refractivity contribution is 6.04. The number of H-pyrrole nitrogens is 1. The zero-order valence-corrected chi connectivity index (χ0v) is 14.2. The fourth-order valence-electron chi connectivity index (χ4n) is 2.93. The van der Waals surface area contributed by atoms with Crippen molar-refractivity contribution >= 4 is 17.1 Å². The predicted molar refractivity (Wildman–Crippen MR) is 89.9 cm³/mol. The Labute approximate surface area is 138 Å². The fourth-order valence-corrected chi connectivity index (χ4v) is 2.93. The van der Waals surface area contributed by atoms with Crippen molar-refractivity contribution in [1.29, 1.82) is 0 Å². The number of aryl methyl sites for hydroxylation is 3. The van der Waals surface area contributed by atoms with E-state index in [1.54, 1.807) is 17.9 Å². The molecule has 3 heterocycles. The second kappa shape index (κ2) is 5.95. The zero-order valence-electron chi connectivity index (χ0n) is 14.2. The molecular formula is C16H20N6O2. The van der Waals surface area contributed by atoms with Gasteiger partial charge in [0.25, 0.3) is 5.91 Å². The summed E-state index contributed by atoms with van der Waals surface area (Å²) in [5.74, 6) is -0.308. The molecular weight excluding hydrogens is 308 g/mol. The Balaban J connectivity index is 1.90. The molecule has 8 heteroatoms. The van der Waals surface area contributed by atoms with Gasteiger partial charge in [-0.2, -0.15) is 5.10 Å². The van der Waals surface area contributed by atoms with Gasteiger partial charge in [-0.05, 0) is 20.8 Å². The maximum absolute atomic E-state index is 12.6. The summed E-state index contributed by atoms with van der Waals surface area (Å²) in [5, 5.41) is 7.33. The monoisotopic (exact) mass is 328 g/mol. The van der Waals surface area contributed by atoms with Crippen LogP contribution in [-0.4, -0.2) is 30.2 Å². The van der Waals surface area contributed by atoms with Crippen molar-refractivity contribution in [3.8, 4) is 0 Å². The Morgan fingerprint density at radius 3 is 2.79 bits per heavy atom. The topological polar surface area (TPSA) is 97.6 Å². The number of hydrogen-bond acceptors (Lipinski definition) is 4. The van der Waals surface area contributed by atoms with Crippen LogP contribution in [0, 0.1) is 13.8 Å². The van der Waals surface area contributed by atoms with Crippen molar-refractivity contribution in [1.82, 2.24) is 29.6 Å². The minimum atomic E-state index is -0.350. The van der Waals surface area contributed by atoms with Gasteiger partial charge in [0, 0.05) is 37.5 Å². The minimum absolute atomic E-state index is 0.308. The summed E-state index contributed by atoms with van der Waals surface area (Å²) in [4.78, 5) is 31.1. The van der Waals surface area contributed by atoms with Crippen LogP contribution in [-0.2, 0) is 20.1 Å². The molecule has 2 N–H and O–H groups in total. The molecule has 0 fully saturated rings. The third-order valence-corrected chi connectivity index (χ3v) is 4.21. The van der Waals surface area contributed by atoms with Crippen LogP contribution in [0.5, 0.6) is 0 Å². The first-order valence-electron chi connectivity index (χ1n) is 7.77. The number of aromatic amines is 1. The number of fused-ring (bicyclic) bond motifs is 1. The lowest BCUT2D eigenvalue weighted by molar-refractivity contribution is 0.0952. The number of pyridine rings is 1. The standard InChI is InChI=1S/C16H20N6O2/c1-5-22-10(3)12(9(2)20-22)7-17-16(24)11-6-13(23)19-15-14(11)21(4)8-18-15/h6,8H,5,7H2,1-4H3,(H,17,24)(H,19,23). The predicted octanol–water partition coefficient (Wildman–Crippen LogP) is 1.02. The van der Waals surface area contributed by atoms with Crippen LogP contribution in [0.15, 0.2) is 17.2 Å². The summed E-state index contributed by atoms with van der Waals surface area (Å²) in [6, 6.07) is 1.30. The van der Waals surface area contributed by atoms with Gasteiger partial charge in [0.05, 0.1) is 23.1 Å². The highest BCUT2D eigenvalue weighted by Gasteiger charge is 2.17. The first-order chi connectivity index (χ1) is 11.4. The highest BCUT2D eigenvalue weighted by atomic mass is 16.2. The largest absolute Gasteiger partial charge is 0.348 e. The minimum Gasteiger partial charge on any atom is -0.348 e. The van der Waals surface area contributed by atoms with Gasteiger partial charge in [-0.15, -0.1) is 0 Å². The summed E-state index contributed by atoms with van der Waals surface area (Å²) in [6.07, 6.45) is 1.57. The SMILES string of the molecule is CCn1nc(C)c(CNC(=O)c2cc(=O)[nH]c3ncn(C)c23)c1C. The molecule has 0 radical (unpaired) electrons.